The van der Waals surface area contributed by atoms with Crippen LogP contribution >= 0.6 is 23.2 Å². The summed E-state index contributed by atoms with van der Waals surface area (Å²) in [4.78, 5) is 27.2. The van der Waals surface area contributed by atoms with Crippen LogP contribution in [0, 0.1) is 5.92 Å². The van der Waals surface area contributed by atoms with Gasteiger partial charge < -0.3 is 24.8 Å². The Bertz CT molecular complexity index is 727. The zero-order valence-corrected chi connectivity index (χ0v) is 20.0. The van der Waals surface area contributed by atoms with Crippen molar-refractivity contribution in [3.63, 3.8) is 0 Å². The number of nitrogens with one attached hydrogen (secondary N) is 2. The average Bonchev–Trinajstić information content (AvgIpc) is 2.72. The van der Waals surface area contributed by atoms with Gasteiger partial charge in [0.05, 0.1) is 23.1 Å². The van der Waals surface area contributed by atoms with E-state index in [0.717, 1.165) is 25.9 Å². The van der Waals surface area contributed by atoms with E-state index in [2.05, 4.69) is 36.4 Å². The molecule has 1 aromatic carbocycles. The summed E-state index contributed by atoms with van der Waals surface area (Å²) in [7, 11) is 1.57. The number of nitrogens with zero attached hydrogens (tertiary/aromatic N) is 1. The smallest absolute Gasteiger partial charge is 0.410 e. The van der Waals surface area contributed by atoms with Crippen LogP contribution in [-0.2, 0) is 14.1 Å². The van der Waals surface area contributed by atoms with E-state index in [4.69, 9.17) is 32.5 Å². The molecule has 7 nitrogen and oxygen atoms in total. The predicted molar refractivity (Wildman–Crippen MR) is 125 cm³/mol. The van der Waals surface area contributed by atoms with E-state index in [0.29, 0.717) is 30.6 Å². The maximum absolute atomic E-state index is 12.6. The van der Waals surface area contributed by atoms with Gasteiger partial charge in [0.1, 0.15) is 0 Å². The van der Waals surface area contributed by atoms with Gasteiger partial charge in [-0.25, -0.2) is 0 Å². The second-order valence-corrected chi connectivity index (χ2v) is 9.07. The van der Waals surface area contributed by atoms with E-state index in [1.165, 1.54) is 6.07 Å². The maximum Gasteiger partial charge on any atom is 0.480 e. The van der Waals surface area contributed by atoms with E-state index in [-0.39, 0.29) is 29.0 Å². The third-order valence-corrected chi connectivity index (χ3v) is 5.48. The van der Waals surface area contributed by atoms with Gasteiger partial charge in [-0.1, -0.05) is 37.0 Å². The topological polar surface area (TPSA) is 79.9 Å². The summed E-state index contributed by atoms with van der Waals surface area (Å²) in [5, 5.41) is 6.23. The molecule has 31 heavy (non-hydrogen) atoms. The van der Waals surface area contributed by atoms with Gasteiger partial charge in [-0.3, -0.25) is 9.59 Å². The number of benzene rings is 1. The molecule has 0 spiro atoms. The summed E-state index contributed by atoms with van der Waals surface area (Å²) in [6, 6.07) is 4.61. The fourth-order valence-electron chi connectivity index (χ4n) is 3.39. The number of rotatable bonds is 7. The van der Waals surface area contributed by atoms with E-state index < -0.39 is 13.0 Å². The molecule has 0 radical (unpaired) electrons. The molecule has 0 bridgehead atoms. The first kappa shape index (κ1) is 25.9. The summed E-state index contributed by atoms with van der Waals surface area (Å²) >= 11 is 12.0. The first-order chi connectivity index (χ1) is 14.8. The molecular formula is C21H32BCl2N3O4. The van der Waals surface area contributed by atoms with Gasteiger partial charge in [0.15, 0.2) is 0 Å². The molecule has 10 heteroatoms. The molecule has 1 atom stereocenters. The van der Waals surface area contributed by atoms with Crippen molar-refractivity contribution in [2.75, 3.05) is 39.9 Å². The Hall–Kier alpha value is -1.32. The van der Waals surface area contributed by atoms with Gasteiger partial charge in [0.25, 0.3) is 5.91 Å². The fraction of sp³-hybridized carbons (Fsp3) is 0.619. The van der Waals surface area contributed by atoms with Crippen LogP contribution in [0.5, 0.6) is 0 Å². The van der Waals surface area contributed by atoms with E-state index >= 15 is 0 Å². The highest BCUT2D eigenvalue weighted by molar-refractivity contribution is 6.47. The molecule has 0 aliphatic carbocycles. The van der Waals surface area contributed by atoms with Gasteiger partial charge in [-0.2, -0.15) is 0 Å². The molecular weight excluding hydrogens is 440 g/mol. The van der Waals surface area contributed by atoms with Crippen LogP contribution < -0.4 is 10.6 Å². The number of amides is 2. The van der Waals surface area contributed by atoms with Crippen LogP contribution in [0.15, 0.2) is 18.2 Å². The number of carbonyl (C=O) groups excluding carboxylic acids is 2. The molecule has 1 aliphatic heterocycles. The lowest BCUT2D eigenvalue weighted by Gasteiger charge is -2.28. The molecule has 1 saturated heterocycles. The molecule has 1 aromatic rings. The Balaban J connectivity index is 1.94. The van der Waals surface area contributed by atoms with Gasteiger partial charge in [-0.15, -0.1) is 0 Å². The van der Waals surface area contributed by atoms with Gasteiger partial charge in [-0.05, 0) is 63.5 Å². The van der Waals surface area contributed by atoms with Crippen LogP contribution in [0.25, 0.3) is 0 Å². The van der Waals surface area contributed by atoms with Crippen LogP contribution in [0.1, 0.15) is 43.5 Å². The molecule has 0 unspecified atom stereocenters. The number of halogens is 2. The van der Waals surface area contributed by atoms with Crippen molar-refractivity contribution < 1.29 is 18.9 Å². The Morgan fingerprint density at radius 1 is 1.16 bits per heavy atom. The quantitative estimate of drug-likeness (QED) is 0.597. The van der Waals surface area contributed by atoms with E-state index in [1.54, 1.807) is 12.1 Å². The summed E-state index contributed by atoms with van der Waals surface area (Å²) < 4.78 is 11.9. The Labute approximate surface area is 195 Å². The molecule has 1 aliphatic rings. The van der Waals surface area contributed by atoms with Crippen molar-refractivity contribution in [2.45, 2.75) is 39.1 Å². The van der Waals surface area contributed by atoms with Gasteiger partial charge >= 0.3 is 7.12 Å². The molecule has 2 rings (SSSR count). The molecule has 172 valence electrons. The van der Waals surface area contributed by atoms with Crippen molar-refractivity contribution >= 4 is 42.1 Å². The van der Waals surface area contributed by atoms with Gasteiger partial charge in [0.2, 0.25) is 5.91 Å². The molecule has 1 fully saturated rings. The van der Waals surface area contributed by atoms with E-state index in [9.17, 15) is 9.59 Å². The highest BCUT2D eigenvalue weighted by atomic mass is 35.5. The number of hydrogen-bond donors (Lipinski definition) is 2. The van der Waals surface area contributed by atoms with Crippen molar-refractivity contribution in [1.29, 1.82) is 0 Å². The Morgan fingerprint density at radius 3 is 2.42 bits per heavy atom. The zero-order chi connectivity index (χ0) is 22.8. The minimum Gasteiger partial charge on any atom is -0.410 e. The van der Waals surface area contributed by atoms with Crippen LogP contribution in [0.2, 0.25) is 10.0 Å². The van der Waals surface area contributed by atoms with Crippen molar-refractivity contribution in [3.8, 4) is 0 Å². The highest BCUT2D eigenvalue weighted by Gasteiger charge is 2.32. The predicted octanol–water partition coefficient (Wildman–Crippen LogP) is 3.04. The first-order valence-electron chi connectivity index (χ1n) is 10.7. The second kappa shape index (κ2) is 13.3. The largest absolute Gasteiger partial charge is 0.480 e. The van der Waals surface area contributed by atoms with Crippen molar-refractivity contribution in [3.05, 3.63) is 33.8 Å². The lowest BCUT2D eigenvalue weighted by atomic mass is 9.73. The van der Waals surface area contributed by atoms with Crippen LogP contribution in [-0.4, -0.2) is 69.7 Å². The normalized spacial score (nSPS) is 17.3. The highest BCUT2D eigenvalue weighted by Crippen LogP contribution is 2.20. The fourth-order valence-corrected chi connectivity index (χ4v) is 3.77. The summed E-state index contributed by atoms with van der Waals surface area (Å²) in [6.45, 7) is 7.02. The SMILES string of the molecule is CC(C)C[C@H](NC(=O)CNC(=O)c1cc(Cl)ccc1Cl)B1OCCCN(C)CCCO1. The molecule has 0 aromatic heterocycles. The first-order valence-corrected chi connectivity index (χ1v) is 11.5. The second-order valence-electron chi connectivity index (χ2n) is 8.23. The van der Waals surface area contributed by atoms with Crippen molar-refractivity contribution in [2.24, 2.45) is 5.92 Å². The minimum absolute atomic E-state index is 0.187. The average molecular weight is 472 g/mol. The Kier molecular flexibility index (Phi) is 11.1. The monoisotopic (exact) mass is 471 g/mol. The lowest BCUT2D eigenvalue weighted by molar-refractivity contribution is -0.120. The zero-order valence-electron chi connectivity index (χ0n) is 18.5. The Morgan fingerprint density at radius 2 is 1.81 bits per heavy atom. The van der Waals surface area contributed by atoms with E-state index in [1.807, 2.05) is 0 Å². The third-order valence-electron chi connectivity index (χ3n) is 4.92. The maximum atomic E-state index is 12.6. The lowest BCUT2D eigenvalue weighted by Crippen LogP contribution is -2.52. The number of hydrogen-bond acceptors (Lipinski definition) is 5. The summed E-state index contributed by atoms with van der Waals surface area (Å²) in [5.74, 6) is -0.755. The molecule has 2 N–H and O–H groups in total. The van der Waals surface area contributed by atoms with Crippen molar-refractivity contribution in [1.82, 2.24) is 15.5 Å². The standard InChI is InChI=1S/C21H32BCl2N3O4/c1-15(2)12-19(22-30-10-4-8-27(3)9-5-11-31-22)26-20(28)14-25-21(29)17-13-16(23)6-7-18(17)24/h6-7,13,15,19H,4-5,8-12,14H2,1-3H3,(H,25,29)(H,26,28)/t19-/m0/s1. The number of carbonyl (C=O) groups is 2. The third kappa shape index (κ3) is 9.37. The summed E-state index contributed by atoms with van der Waals surface area (Å²) in [6.07, 6.45) is 2.49. The molecule has 1 heterocycles. The molecule has 0 saturated carbocycles. The molecule has 2 amide bonds. The minimum atomic E-state index is -0.521. The van der Waals surface area contributed by atoms with Crippen LogP contribution in [0.4, 0.5) is 0 Å². The van der Waals surface area contributed by atoms with Crippen LogP contribution in [0.3, 0.4) is 0 Å². The summed E-state index contributed by atoms with van der Waals surface area (Å²) in [5.41, 5.74) is 0.227. The van der Waals surface area contributed by atoms with Gasteiger partial charge in [0, 0.05) is 18.2 Å².